The van der Waals surface area contributed by atoms with E-state index in [0.29, 0.717) is 0 Å². The second kappa shape index (κ2) is 6.56. The smallest absolute Gasteiger partial charge is 0.335 e. The molecule has 0 saturated carbocycles. The fourth-order valence-electron chi connectivity index (χ4n) is 2.10. The molecule has 10 nitrogen and oxygen atoms in total. The number of aliphatic hydroxyl groups is 4. The van der Waals surface area contributed by atoms with Crippen molar-refractivity contribution in [1.82, 2.24) is 0 Å². The zero-order chi connectivity index (χ0) is 17.3. The van der Waals surface area contributed by atoms with Crippen LogP contribution in [0.4, 0.5) is 0 Å². The molecular formula is C13H16O10. The summed E-state index contributed by atoms with van der Waals surface area (Å²) in [5.74, 6) is -3.50. The summed E-state index contributed by atoms with van der Waals surface area (Å²) in [5.41, 5.74) is -0.403. The predicted octanol–water partition coefficient (Wildman–Crippen LogP) is -2.03. The van der Waals surface area contributed by atoms with Gasteiger partial charge in [-0.15, -0.1) is 0 Å². The van der Waals surface area contributed by atoms with Crippen molar-refractivity contribution in [1.29, 1.82) is 0 Å². The second-order valence-corrected chi connectivity index (χ2v) is 4.96. The molecule has 0 aliphatic carbocycles. The molecule has 10 heteroatoms. The van der Waals surface area contributed by atoms with Crippen LogP contribution in [-0.4, -0.2) is 79.0 Å². The number of aromatic hydroxyl groups is 2. The number of carbonyl (C=O) groups is 1. The van der Waals surface area contributed by atoms with Gasteiger partial charge in [0.15, 0.2) is 11.5 Å². The van der Waals surface area contributed by atoms with Crippen LogP contribution in [0.3, 0.4) is 0 Å². The van der Waals surface area contributed by atoms with Crippen LogP contribution in [0.15, 0.2) is 12.1 Å². The van der Waals surface area contributed by atoms with E-state index in [0.717, 1.165) is 12.1 Å². The van der Waals surface area contributed by atoms with Crippen LogP contribution in [0.1, 0.15) is 10.4 Å². The number of rotatable bonds is 4. The van der Waals surface area contributed by atoms with Gasteiger partial charge in [0.25, 0.3) is 0 Å². The van der Waals surface area contributed by atoms with Gasteiger partial charge in [0.1, 0.15) is 24.4 Å². The van der Waals surface area contributed by atoms with Gasteiger partial charge in [0.05, 0.1) is 12.2 Å². The molecule has 1 aliphatic heterocycles. The molecule has 7 N–H and O–H groups in total. The minimum Gasteiger partial charge on any atom is -0.504 e. The Morgan fingerprint density at radius 3 is 2.35 bits per heavy atom. The van der Waals surface area contributed by atoms with Crippen LogP contribution in [0.25, 0.3) is 0 Å². The number of carboxylic acids is 1. The standard InChI is InChI=1S/C13H16O10/c14-3-7-9(17)10(18)11(19)13(23-7)22-6-2-4(12(20)21)1-5(15)8(6)16/h1-2,7,9-11,13-19H,3H2,(H,20,21)/t7-,9-,10+,11-,13-/m1/s1. The molecule has 0 aromatic heterocycles. The van der Waals surface area contributed by atoms with Crippen LogP contribution < -0.4 is 4.74 Å². The molecular weight excluding hydrogens is 316 g/mol. The Hall–Kier alpha value is -2.11. The zero-order valence-electron chi connectivity index (χ0n) is 11.6. The van der Waals surface area contributed by atoms with Crippen molar-refractivity contribution in [2.45, 2.75) is 30.7 Å². The third-order valence-electron chi connectivity index (χ3n) is 3.39. The maximum atomic E-state index is 10.9. The number of phenols is 2. The highest BCUT2D eigenvalue weighted by Gasteiger charge is 2.45. The van der Waals surface area contributed by atoms with Gasteiger partial charge >= 0.3 is 5.97 Å². The van der Waals surface area contributed by atoms with Gasteiger partial charge in [-0.25, -0.2) is 4.79 Å². The average Bonchev–Trinajstić information content (AvgIpc) is 2.51. The summed E-state index contributed by atoms with van der Waals surface area (Å²) >= 11 is 0. The number of benzene rings is 1. The van der Waals surface area contributed by atoms with Crippen molar-refractivity contribution in [2.24, 2.45) is 0 Å². The van der Waals surface area contributed by atoms with E-state index in [1.165, 1.54) is 0 Å². The number of phenolic OH excluding ortho intramolecular Hbond substituents is 2. The Labute approximate surface area is 129 Å². The number of ether oxygens (including phenoxy) is 2. The Balaban J connectivity index is 2.29. The number of aliphatic hydroxyl groups excluding tert-OH is 4. The van der Waals surface area contributed by atoms with Crippen LogP contribution in [0.5, 0.6) is 17.2 Å². The fourth-order valence-corrected chi connectivity index (χ4v) is 2.10. The maximum absolute atomic E-state index is 10.9. The summed E-state index contributed by atoms with van der Waals surface area (Å²) in [6.07, 6.45) is -7.91. The highest BCUT2D eigenvalue weighted by atomic mass is 16.7. The molecule has 0 amide bonds. The Bertz CT molecular complexity index is 586. The van der Waals surface area contributed by atoms with Crippen LogP contribution in [0.2, 0.25) is 0 Å². The fraction of sp³-hybridized carbons (Fsp3) is 0.462. The number of hydrogen-bond acceptors (Lipinski definition) is 9. The first-order chi connectivity index (χ1) is 10.8. The van der Waals surface area contributed by atoms with Gasteiger partial charge in [-0.1, -0.05) is 0 Å². The molecule has 1 aromatic rings. The van der Waals surface area contributed by atoms with E-state index < -0.39 is 66.1 Å². The van der Waals surface area contributed by atoms with Gasteiger partial charge in [0.2, 0.25) is 12.0 Å². The van der Waals surface area contributed by atoms with Crippen molar-refractivity contribution in [3.8, 4) is 17.2 Å². The van der Waals surface area contributed by atoms with Crippen molar-refractivity contribution in [3.63, 3.8) is 0 Å². The lowest BCUT2D eigenvalue weighted by atomic mass is 9.99. The van der Waals surface area contributed by atoms with Crippen molar-refractivity contribution in [2.75, 3.05) is 6.61 Å². The van der Waals surface area contributed by atoms with Gasteiger partial charge in [0, 0.05) is 0 Å². The minimum atomic E-state index is -1.75. The van der Waals surface area contributed by atoms with Gasteiger partial charge in [-0.2, -0.15) is 0 Å². The average molecular weight is 332 g/mol. The summed E-state index contributed by atoms with van der Waals surface area (Å²) in [7, 11) is 0. The summed E-state index contributed by atoms with van der Waals surface area (Å²) in [5, 5.41) is 66.3. The molecule has 0 bridgehead atoms. The minimum absolute atomic E-state index is 0.403. The molecule has 1 fully saturated rings. The topological polar surface area (TPSA) is 177 Å². The van der Waals surface area contributed by atoms with E-state index in [4.69, 9.17) is 19.7 Å². The lowest BCUT2D eigenvalue weighted by Gasteiger charge is -2.39. The second-order valence-electron chi connectivity index (χ2n) is 4.96. The number of hydrogen-bond donors (Lipinski definition) is 7. The lowest BCUT2D eigenvalue weighted by molar-refractivity contribution is -0.277. The monoisotopic (exact) mass is 332 g/mol. The van der Waals surface area contributed by atoms with Crippen molar-refractivity contribution >= 4 is 5.97 Å². The quantitative estimate of drug-likeness (QED) is 0.304. The SMILES string of the molecule is O=C(O)c1cc(O)c(O)c(O[C@@H]2O[C@H](CO)[C@@H](O)[C@H](O)[C@H]2O)c1. The predicted molar refractivity (Wildman–Crippen MR) is 71.1 cm³/mol. The normalized spacial score (nSPS) is 30.9. The molecule has 128 valence electrons. The van der Waals surface area contributed by atoms with E-state index >= 15 is 0 Å². The summed E-state index contributed by atoms with van der Waals surface area (Å²) in [6.45, 7) is -0.683. The first-order valence-corrected chi connectivity index (χ1v) is 6.52. The molecule has 0 unspecified atom stereocenters. The summed E-state index contributed by atoms with van der Waals surface area (Å²) in [4.78, 5) is 10.9. The van der Waals surface area contributed by atoms with Gasteiger partial charge in [-0.3, -0.25) is 0 Å². The molecule has 1 saturated heterocycles. The van der Waals surface area contributed by atoms with Crippen molar-refractivity contribution in [3.05, 3.63) is 17.7 Å². The van der Waals surface area contributed by atoms with E-state index in [1.54, 1.807) is 0 Å². The van der Waals surface area contributed by atoms with E-state index in [1.807, 2.05) is 0 Å². The zero-order valence-corrected chi connectivity index (χ0v) is 11.6. The molecule has 5 atom stereocenters. The van der Waals surface area contributed by atoms with E-state index in [2.05, 4.69) is 0 Å². The molecule has 2 rings (SSSR count). The Morgan fingerprint density at radius 1 is 1.13 bits per heavy atom. The first kappa shape index (κ1) is 17.2. The van der Waals surface area contributed by atoms with Gasteiger partial charge in [-0.05, 0) is 12.1 Å². The molecule has 0 spiro atoms. The molecule has 1 heterocycles. The highest BCUT2D eigenvalue weighted by Crippen LogP contribution is 2.38. The summed E-state index contributed by atoms with van der Waals surface area (Å²) in [6, 6.07) is 1.66. The largest absolute Gasteiger partial charge is 0.504 e. The molecule has 1 aliphatic rings. The third-order valence-corrected chi connectivity index (χ3v) is 3.39. The maximum Gasteiger partial charge on any atom is 0.335 e. The van der Waals surface area contributed by atoms with Crippen LogP contribution in [0, 0.1) is 0 Å². The Kier molecular flexibility index (Phi) is 4.92. The molecule has 1 aromatic carbocycles. The van der Waals surface area contributed by atoms with Gasteiger partial charge < -0.3 is 45.2 Å². The third kappa shape index (κ3) is 3.30. The first-order valence-electron chi connectivity index (χ1n) is 6.52. The molecule has 23 heavy (non-hydrogen) atoms. The van der Waals surface area contributed by atoms with Crippen LogP contribution in [-0.2, 0) is 4.74 Å². The number of aromatic carboxylic acids is 1. The van der Waals surface area contributed by atoms with Crippen LogP contribution >= 0.6 is 0 Å². The van der Waals surface area contributed by atoms with Crippen molar-refractivity contribution < 1.29 is 50.0 Å². The Morgan fingerprint density at radius 2 is 1.78 bits per heavy atom. The highest BCUT2D eigenvalue weighted by molar-refractivity contribution is 5.89. The van der Waals surface area contributed by atoms with E-state index in [9.17, 15) is 30.3 Å². The van der Waals surface area contributed by atoms with E-state index in [-0.39, 0.29) is 0 Å². The lowest BCUT2D eigenvalue weighted by Crippen LogP contribution is -2.60. The number of carboxylic acid groups (broad SMARTS) is 1. The summed E-state index contributed by atoms with van der Waals surface area (Å²) < 4.78 is 10.2. The molecule has 0 radical (unpaired) electrons.